The van der Waals surface area contributed by atoms with Gasteiger partial charge in [0, 0.05) is 13.1 Å². The fraction of sp³-hybridized carbons (Fsp3) is 0.333. The van der Waals surface area contributed by atoms with Gasteiger partial charge in [0.05, 0.1) is 5.75 Å². The highest BCUT2D eigenvalue weighted by molar-refractivity contribution is 7.88. The van der Waals surface area contributed by atoms with Gasteiger partial charge in [0.1, 0.15) is 0 Å². The number of hydrogen-bond acceptors (Lipinski definition) is 4. The van der Waals surface area contributed by atoms with E-state index in [1.54, 1.807) is 11.3 Å². The lowest BCUT2D eigenvalue weighted by Gasteiger charge is -2.07. The van der Waals surface area contributed by atoms with Gasteiger partial charge in [0.15, 0.2) is 0 Å². The molecule has 1 aromatic carbocycles. The van der Waals surface area contributed by atoms with E-state index in [4.69, 9.17) is 0 Å². The van der Waals surface area contributed by atoms with Crippen LogP contribution in [-0.4, -0.2) is 15.0 Å². The molecule has 2 N–H and O–H groups in total. The van der Waals surface area contributed by atoms with E-state index in [1.807, 2.05) is 41.1 Å². The first-order chi connectivity index (χ1) is 10.1. The minimum absolute atomic E-state index is 0.0125. The molecule has 0 fully saturated rings. The molecule has 0 aliphatic heterocycles. The Hall–Kier alpha value is -1.21. The van der Waals surface area contributed by atoms with E-state index in [1.165, 1.54) is 0 Å². The van der Waals surface area contributed by atoms with Gasteiger partial charge >= 0.3 is 0 Å². The Morgan fingerprint density at radius 1 is 1.00 bits per heavy atom. The molecule has 1 aromatic heterocycles. The highest BCUT2D eigenvalue weighted by Gasteiger charge is 2.11. The molecule has 0 aliphatic rings. The normalized spacial score (nSPS) is 11.7. The molecule has 6 heteroatoms. The molecule has 0 amide bonds. The minimum atomic E-state index is -3.30. The van der Waals surface area contributed by atoms with Crippen LogP contribution in [0.4, 0.5) is 0 Å². The lowest BCUT2D eigenvalue weighted by Crippen LogP contribution is -2.24. The Bertz CT molecular complexity index is 635. The van der Waals surface area contributed by atoms with Crippen molar-refractivity contribution in [3.8, 4) is 0 Å². The maximum Gasteiger partial charge on any atom is 0.216 e. The molecule has 0 unspecified atom stereocenters. The summed E-state index contributed by atoms with van der Waals surface area (Å²) in [5.41, 5.74) is 2.95. The van der Waals surface area contributed by atoms with Crippen molar-refractivity contribution in [2.75, 3.05) is 6.54 Å². The van der Waals surface area contributed by atoms with E-state index in [2.05, 4.69) is 17.0 Å². The maximum atomic E-state index is 12.0. The molecule has 0 saturated carbocycles. The van der Waals surface area contributed by atoms with Gasteiger partial charge in [-0.25, -0.2) is 13.1 Å². The largest absolute Gasteiger partial charge is 0.313 e. The molecule has 0 aliphatic carbocycles. The smallest absolute Gasteiger partial charge is 0.216 e. The molecule has 21 heavy (non-hydrogen) atoms. The van der Waals surface area contributed by atoms with Gasteiger partial charge in [0.2, 0.25) is 10.0 Å². The summed E-state index contributed by atoms with van der Waals surface area (Å²) < 4.78 is 26.7. The van der Waals surface area contributed by atoms with Crippen LogP contribution in [-0.2, 0) is 28.9 Å². The second-order valence-electron chi connectivity index (χ2n) is 4.81. The number of rotatable bonds is 8. The fourth-order valence-corrected chi connectivity index (χ4v) is 3.67. The Morgan fingerprint density at radius 2 is 1.71 bits per heavy atom. The highest BCUT2D eigenvalue weighted by Crippen LogP contribution is 2.10. The third-order valence-corrected chi connectivity index (χ3v) is 5.06. The quantitative estimate of drug-likeness (QED) is 0.784. The van der Waals surface area contributed by atoms with Crippen molar-refractivity contribution in [1.82, 2.24) is 10.0 Å². The van der Waals surface area contributed by atoms with Crippen molar-refractivity contribution in [3.63, 3.8) is 0 Å². The van der Waals surface area contributed by atoms with E-state index >= 15 is 0 Å². The van der Waals surface area contributed by atoms with Crippen molar-refractivity contribution in [1.29, 1.82) is 0 Å². The molecule has 0 radical (unpaired) electrons. The Morgan fingerprint density at radius 3 is 2.33 bits per heavy atom. The summed E-state index contributed by atoms with van der Waals surface area (Å²) in [7, 11) is -3.30. The summed E-state index contributed by atoms with van der Waals surface area (Å²) in [5.74, 6) is 0.0125. The van der Waals surface area contributed by atoms with E-state index in [0.717, 1.165) is 29.8 Å². The molecule has 0 bridgehead atoms. The molecule has 0 spiro atoms. The minimum Gasteiger partial charge on any atom is -0.313 e. The average Bonchev–Trinajstić information content (AvgIpc) is 2.98. The topological polar surface area (TPSA) is 58.2 Å². The molecule has 0 atom stereocenters. The molecule has 1 heterocycles. The summed E-state index contributed by atoms with van der Waals surface area (Å²) >= 11 is 1.56. The molecule has 2 aromatic rings. The van der Waals surface area contributed by atoms with Crippen LogP contribution in [0.25, 0.3) is 0 Å². The van der Waals surface area contributed by atoms with Gasteiger partial charge in [0.25, 0.3) is 0 Å². The molecule has 114 valence electrons. The van der Waals surface area contributed by atoms with E-state index in [-0.39, 0.29) is 5.75 Å². The highest BCUT2D eigenvalue weighted by atomic mass is 32.2. The molecular formula is C15H20N2O2S2. The van der Waals surface area contributed by atoms with Crippen molar-refractivity contribution in [3.05, 3.63) is 57.8 Å². The summed E-state index contributed by atoms with van der Waals surface area (Å²) in [6.45, 7) is 4.13. The summed E-state index contributed by atoms with van der Waals surface area (Å²) in [4.78, 5) is 0. The number of sulfonamides is 1. The SMILES string of the molecule is CCNCc1ccc(CS(=O)(=O)NCc2ccsc2)cc1. The van der Waals surface area contributed by atoms with Crippen LogP contribution < -0.4 is 10.0 Å². The van der Waals surface area contributed by atoms with Crippen molar-refractivity contribution in [2.24, 2.45) is 0 Å². The van der Waals surface area contributed by atoms with Gasteiger partial charge in [-0.3, -0.25) is 0 Å². The van der Waals surface area contributed by atoms with Crippen LogP contribution in [0, 0.1) is 0 Å². The molecule has 2 rings (SSSR count). The Labute approximate surface area is 130 Å². The molecular weight excluding hydrogens is 304 g/mol. The number of thiophene rings is 1. The van der Waals surface area contributed by atoms with E-state index < -0.39 is 10.0 Å². The second kappa shape index (κ2) is 7.70. The monoisotopic (exact) mass is 324 g/mol. The number of hydrogen-bond donors (Lipinski definition) is 2. The Balaban J connectivity index is 1.90. The predicted molar refractivity (Wildman–Crippen MR) is 87.6 cm³/mol. The lowest BCUT2D eigenvalue weighted by atomic mass is 10.1. The first-order valence-corrected chi connectivity index (χ1v) is 9.45. The average molecular weight is 324 g/mol. The van der Waals surface area contributed by atoms with Crippen molar-refractivity contribution in [2.45, 2.75) is 25.8 Å². The predicted octanol–water partition coefficient (Wildman–Crippen LogP) is 2.48. The summed E-state index contributed by atoms with van der Waals surface area (Å²) in [6.07, 6.45) is 0. The zero-order valence-electron chi connectivity index (χ0n) is 12.0. The van der Waals surface area contributed by atoms with Gasteiger partial charge in [-0.2, -0.15) is 11.3 Å². The standard InChI is InChI=1S/C15H20N2O2S2/c1-2-16-9-13-3-5-14(6-4-13)12-21(18,19)17-10-15-7-8-20-11-15/h3-8,11,16-17H,2,9-10,12H2,1H3. The van der Waals surface area contributed by atoms with Crippen LogP contribution >= 0.6 is 11.3 Å². The summed E-state index contributed by atoms with van der Waals surface area (Å²) in [5, 5.41) is 7.12. The van der Waals surface area contributed by atoms with Gasteiger partial charge in [-0.05, 0) is 40.1 Å². The number of nitrogens with one attached hydrogen (secondary N) is 2. The second-order valence-corrected chi connectivity index (χ2v) is 7.40. The summed E-state index contributed by atoms with van der Waals surface area (Å²) in [6, 6.07) is 9.59. The van der Waals surface area contributed by atoms with E-state index in [0.29, 0.717) is 6.54 Å². The van der Waals surface area contributed by atoms with E-state index in [9.17, 15) is 8.42 Å². The van der Waals surface area contributed by atoms with Gasteiger partial charge < -0.3 is 5.32 Å². The zero-order chi connectivity index (χ0) is 15.1. The molecule has 4 nitrogen and oxygen atoms in total. The lowest BCUT2D eigenvalue weighted by molar-refractivity contribution is 0.580. The van der Waals surface area contributed by atoms with Crippen LogP contribution in [0.5, 0.6) is 0 Å². The van der Waals surface area contributed by atoms with Gasteiger partial charge in [-0.1, -0.05) is 31.2 Å². The van der Waals surface area contributed by atoms with Crippen LogP contribution in [0.3, 0.4) is 0 Å². The Kier molecular flexibility index (Phi) is 5.93. The van der Waals surface area contributed by atoms with Crippen LogP contribution in [0.15, 0.2) is 41.1 Å². The van der Waals surface area contributed by atoms with Gasteiger partial charge in [-0.15, -0.1) is 0 Å². The van der Waals surface area contributed by atoms with Crippen LogP contribution in [0.2, 0.25) is 0 Å². The molecule has 0 saturated heterocycles. The first kappa shape index (κ1) is 16.2. The fourth-order valence-electron chi connectivity index (χ4n) is 1.88. The van der Waals surface area contributed by atoms with Crippen molar-refractivity contribution >= 4 is 21.4 Å². The third kappa shape index (κ3) is 5.59. The third-order valence-electron chi connectivity index (χ3n) is 3.04. The first-order valence-electron chi connectivity index (χ1n) is 6.86. The number of benzene rings is 1. The van der Waals surface area contributed by atoms with Crippen molar-refractivity contribution < 1.29 is 8.42 Å². The zero-order valence-corrected chi connectivity index (χ0v) is 13.6. The van der Waals surface area contributed by atoms with Crippen LogP contribution in [0.1, 0.15) is 23.6 Å². The maximum absolute atomic E-state index is 12.0.